The van der Waals surface area contributed by atoms with Crippen molar-refractivity contribution in [2.45, 2.75) is 0 Å². The lowest BCUT2D eigenvalue weighted by Crippen LogP contribution is -2.00. The average Bonchev–Trinajstić information content (AvgIpc) is 3.83. The maximum Gasteiger partial charge on any atom is 0.164 e. The number of fused-ring (bicyclic) bond motifs is 7. The number of nitrogens with zero attached hydrogens (tertiary/aromatic N) is 3. The number of furan rings is 2. The van der Waals surface area contributed by atoms with Crippen LogP contribution in [0.1, 0.15) is 0 Å². The highest BCUT2D eigenvalue weighted by Gasteiger charge is 2.22. The van der Waals surface area contributed by atoms with Gasteiger partial charge in [-0.05, 0) is 52.2 Å². The molecule has 0 atom stereocenters. The van der Waals surface area contributed by atoms with Crippen LogP contribution in [-0.2, 0) is 0 Å². The molecule has 0 fully saturated rings. The van der Waals surface area contributed by atoms with Crippen LogP contribution in [0.3, 0.4) is 0 Å². The smallest absolute Gasteiger partial charge is 0.164 e. The minimum absolute atomic E-state index is 0.570. The van der Waals surface area contributed by atoms with Crippen molar-refractivity contribution in [3.63, 3.8) is 0 Å². The van der Waals surface area contributed by atoms with Crippen molar-refractivity contribution < 1.29 is 8.83 Å². The van der Waals surface area contributed by atoms with Gasteiger partial charge in [-0.2, -0.15) is 0 Å². The number of aromatic nitrogens is 3. The molecule has 0 unspecified atom stereocenters. The second kappa shape index (κ2) is 12.1. The molecule has 0 bridgehead atoms. The van der Waals surface area contributed by atoms with Gasteiger partial charge in [0, 0.05) is 49.4 Å². The molecular formula is C49H29N3O2. The third-order valence-corrected chi connectivity index (χ3v) is 10.4. The van der Waals surface area contributed by atoms with Gasteiger partial charge in [0.15, 0.2) is 17.5 Å². The van der Waals surface area contributed by atoms with Crippen molar-refractivity contribution in [3.05, 3.63) is 176 Å². The summed E-state index contributed by atoms with van der Waals surface area (Å²) in [7, 11) is 0. The summed E-state index contributed by atoms with van der Waals surface area (Å²) < 4.78 is 13.2. The quantitative estimate of drug-likeness (QED) is 0.180. The Kier molecular flexibility index (Phi) is 6.79. The Hall–Kier alpha value is -7.37. The summed E-state index contributed by atoms with van der Waals surface area (Å²) in [5.41, 5.74) is 10.1. The second-order valence-corrected chi connectivity index (χ2v) is 13.6. The van der Waals surface area contributed by atoms with Gasteiger partial charge in [-0.3, -0.25) is 0 Å². The van der Waals surface area contributed by atoms with Gasteiger partial charge in [0.05, 0.1) is 0 Å². The first-order valence-corrected chi connectivity index (χ1v) is 18.0. The fraction of sp³-hybridized carbons (Fsp3) is 0. The molecule has 0 aliphatic heterocycles. The lowest BCUT2D eigenvalue weighted by atomic mass is 9.96. The summed E-state index contributed by atoms with van der Waals surface area (Å²) in [6.07, 6.45) is 0. The van der Waals surface area contributed by atoms with Crippen LogP contribution in [0.15, 0.2) is 185 Å². The van der Waals surface area contributed by atoms with Crippen LogP contribution < -0.4 is 0 Å². The highest BCUT2D eigenvalue weighted by atomic mass is 16.3. The molecular weight excluding hydrogens is 663 g/mol. The Morgan fingerprint density at radius 2 is 0.870 bits per heavy atom. The van der Waals surface area contributed by atoms with E-state index in [1.807, 2.05) is 42.5 Å². The predicted molar refractivity (Wildman–Crippen MR) is 219 cm³/mol. The summed E-state index contributed by atoms with van der Waals surface area (Å²) in [6.45, 7) is 0. The van der Waals surface area contributed by atoms with Crippen molar-refractivity contribution >= 4 is 54.6 Å². The van der Waals surface area contributed by atoms with Gasteiger partial charge in [-0.15, -0.1) is 0 Å². The Morgan fingerprint density at radius 1 is 0.315 bits per heavy atom. The Bertz CT molecular complexity index is 3210. The summed E-state index contributed by atoms with van der Waals surface area (Å²) in [5, 5.41) is 6.37. The summed E-state index contributed by atoms with van der Waals surface area (Å²) in [4.78, 5) is 15.5. The van der Waals surface area contributed by atoms with Gasteiger partial charge in [0.25, 0.3) is 0 Å². The molecule has 11 aromatic rings. The normalized spacial score (nSPS) is 11.7. The van der Waals surface area contributed by atoms with E-state index in [4.69, 9.17) is 23.8 Å². The van der Waals surface area contributed by atoms with Crippen LogP contribution >= 0.6 is 0 Å². The van der Waals surface area contributed by atoms with Crippen LogP contribution in [0.2, 0.25) is 0 Å². The average molecular weight is 692 g/mol. The minimum Gasteiger partial charge on any atom is -0.455 e. The van der Waals surface area contributed by atoms with Crippen LogP contribution in [0.5, 0.6) is 0 Å². The van der Waals surface area contributed by atoms with E-state index < -0.39 is 0 Å². The molecule has 252 valence electrons. The Labute approximate surface area is 309 Å². The summed E-state index contributed by atoms with van der Waals surface area (Å²) >= 11 is 0. The fourth-order valence-electron chi connectivity index (χ4n) is 7.71. The largest absolute Gasteiger partial charge is 0.455 e. The summed E-state index contributed by atoms with van der Waals surface area (Å²) in [5.74, 6) is 1.77. The SMILES string of the molecule is c1ccc(-c2ccc(-c3nc(-c4ccc5ccccc5c4)nc(-c4ccc(-c5cccc6c5oc5ccccc56)c5oc6ccccc6c45)n3)cc2)cc1. The van der Waals surface area contributed by atoms with E-state index in [0.29, 0.717) is 17.5 Å². The van der Waals surface area contributed by atoms with Crippen LogP contribution in [-0.4, -0.2) is 15.0 Å². The van der Waals surface area contributed by atoms with Crippen LogP contribution in [0.4, 0.5) is 0 Å². The molecule has 0 aliphatic carbocycles. The first-order chi connectivity index (χ1) is 26.7. The van der Waals surface area contributed by atoms with Crippen LogP contribution in [0, 0.1) is 0 Å². The maximum absolute atomic E-state index is 6.74. The van der Waals surface area contributed by atoms with Gasteiger partial charge in [-0.1, -0.05) is 146 Å². The topological polar surface area (TPSA) is 65.0 Å². The zero-order valence-electron chi connectivity index (χ0n) is 28.9. The van der Waals surface area contributed by atoms with Crippen molar-refractivity contribution in [3.8, 4) is 56.4 Å². The Balaban J connectivity index is 1.15. The van der Waals surface area contributed by atoms with E-state index >= 15 is 0 Å². The van der Waals surface area contributed by atoms with E-state index in [-0.39, 0.29) is 0 Å². The van der Waals surface area contributed by atoms with E-state index in [9.17, 15) is 0 Å². The zero-order valence-corrected chi connectivity index (χ0v) is 28.9. The Morgan fingerprint density at radius 3 is 1.70 bits per heavy atom. The monoisotopic (exact) mass is 691 g/mol. The molecule has 5 nitrogen and oxygen atoms in total. The third-order valence-electron chi connectivity index (χ3n) is 10.4. The van der Waals surface area contributed by atoms with Crippen molar-refractivity contribution in [1.82, 2.24) is 15.0 Å². The van der Waals surface area contributed by atoms with Gasteiger partial charge in [0.1, 0.15) is 22.3 Å². The molecule has 54 heavy (non-hydrogen) atoms. The first-order valence-electron chi connectivity index (χ1n) is 18.0. The number of rotatable bonds is 5. The molecule has 0 saturated heterocycles. The third kappa shape index (κ3) is 4.90. The van der Waals surface area contributed by atoms with Crippen molar-refractivity contribution in [2.24, 2.45) is 0 Å². The van der Waals surface area contributed by atoms with Crippen molar-refractivity contribution in [2.75, 3.05) is 0 Å². The number of hydrogen-bond donors (Lipinski definition) is 0. The second-order valence-electron chi connectivity index (χ2n) is 13.6. The molecule has 0 saturated carbocycles. The lowest BCUT2D eigenvalue weighted by molar-refractivity contribution is 0.665. The van der Waals surface area contributed by atoms with Gasteiger partial charge in [-0.25, -0.2) is 15.0 Å². The van der Waals surface area contributed by atoms with E-state index in [0.717, 1.165) is 93.6 Å². The number of hydrogen-bond acceptors (Lipinski definition) is 5. The molecule has 8 aromatic carbocycles. The highest BCUT2D eigenvalue weighted by molar-refractivity contribution is 6.18. The maximum atomic E-state index is 6.74. The molecule has 0 spiro atoms. The molecule has 0 amide bonds. The standard InChI is InChI=1S/C49H29N3O2/c1-2-11-30(12-3-1)32-21-24-33(25-22-32)47-50-48(35-26-23-31-13-4-5-14-34(31)29-35)52-49(51-47)41-28-27-39(46-44(41)40-16-7-9-20-43(40)54-46)38-18-10-17-37-36-15-6-8-19-42(36)53-45(37)38/h1-29H. The molecule has 3 heterocycles. The van der Waals surface area contributed by atoms with E-state index in [2.05, 4.69) is 133 Å². The summed E-state index contributed by atoms with van der Waals surface area (Å²) in [6, 6.07) is 60.3. The fourth-order valence-corrected chi connectivity index (χ4v) is 7.71. The molecule has 5 heteroatoms. The van der Waals surface area contributed by atoms with E-state index in [1.54, 1.807) is 0 Å². The first kappa shape index (κ1) is 30.3. The lowest BCUT2D eigenvalue weighted by Gasteiger charge is -2.12. The molecule has 0 aliphatic rings. The molecule has 11 rings (SSSR count). The molecule has 3 aromatic heterocycles. The number of para-hydroxylation sites is 3. The molecule has 0 N–H and O–H groups in total. The zero-order chi connectivity index (χ0) is 35.6. The van der Waals surface area contributed by atoms with Crippen LogP contribution in [0.25, 0.3) is 111 Å². The highest BCUT2D eigenvalue weighted by Crippen LogP contribution is 2.44. The van der Waals surface area contributed by atoms with Gasteiger partial charge < -0.3 is 8.83 Å². The predicted octanol–water partition coefficient (Wildman–Crippen LogP) is 13.2. The minimum atomic E-state index is 0.570. The van der Waals surface area contributed by atoms with Gasteiger partial charge in [0.2, 0.25) is 0 Å². The van der Waals surface area contributed by atoms with E-state index in [1.165, 1.54) is 0 Å². The molecule has 0 radical (unpaired) electrons. The van der Waals surface area contributed by atoms with Crippen molar-refractivity contribution in [1.29, 1.82) is 0 Å². The number of benzene rings is 8. The van der Waals surface area contributed by atoms with Gasteiger partial charge >= 0.3 is 0 Å².